The average molecular weight is 531 g/mol. The molecular formula is C26H34N4O6S. The van der Waals surface area contributed by atoms with Crippen molar-refractivity contribution in [1.82, 2.24) is 9.62 Å². The van der Waals surface area contributed by atoms with E-state index in [1.807, 2.05) is 19.9 Å². The summed E-state index contributed by atoms with van der Waals surface area (Å²) in [6, 6.07) is 15.7. The van der Waals surface area contributed by atoms with Crippen LogP contribution in [0.4, 0.5) is 10.5 Å². The SMILES string of the molecule is CC(=O)Nc1ccc(S(=O)(=O)N(C[C@@H](O)[C@H](Cc2ccccc2)NC(=O)O)CC(C)(C)CCC#N)cc1. The fourth-order valence-corrected chi connectivity index (χ4v) is 5.55. The summed E-state index contributed by atoms with van der Waals surface area (Å²) in [6.07, 6.45) is -1.89. The molecular weight excluding hydrogens is 496 g/mol. The van der Waals surface area contributed by atoms with Crippen LogP contribution in [-0.4, -0.2) is 60.2 Å². The molecule has 0 fully saturated rings. The Bertz CT molecular complexity index is 1190. The van der Waals surface area contributed by atoms with Crippen LogP contribution in [0.2, 0.25) is 0 Å². The van der Waals surface area contributed by atoms with E-state index in [1.165, 1.54) is 31.2 Å². The maximum atomic E-state index is 13.7. The molecule has 2 atom stereocenters. The van der Waals surface area contributed by atoms with Gasteiger partial charge in [0.2, 0.25) is 15.9 Å². The monoisotopic (exact) mass is 530 g/mol. The second kappa shape index (κ2) is 13.2. The first-order chi connectivity index (χ1) is 17.3. The predicted octanol–water partition coefficient (Wildman–Crippen LogP) is 3.21. The summed E-state index contributed by atoms with van der Waals surface area (Å²) >= 11 is 0. The van der Waals surface area contributed by atoms with Crippen LogP contribution in [0.3, 0.4) is 0 Å². The van der Waals surface area contributed by atoms with Crippen LogP contribution in [0.1, 0.15) is 39.2 Å². The van der Waals surface area contributed by atoms with Crippen molar-refractivity contribution < 1.29 is 28.2 Å². The molecule has 0 aromatic heterocycles. The van der Waals surface area contributed by atoms with Gasteiger partial charge in [-0.1, -0.05) is 44.2 Å². The first-order valence-corrected chi connectivity index (χ1v) is 13.2. The minimum absolute atomic E-state index is 0.00729. The molecule has 2 aromatic carbocycles. The van der Waals surface area contributed by atoms with E-state index in [0.29, 0.717) is 12.1 Å². The van der Waals surface area contributed by atoms with Crippen molar-refractivity contribution in [3.05, 3.63) is 60.2 Å². The van der Waals surface area contributed by atoms with Crippen LogP contribution in [0.15, 0.2) is 59.5 Å². The second-order valence-electron chi connectivity index (χ2n) is 9.64. The molecule has 0 bridgehead atoms. The molecule has 2 amide bonds. The number of carboxylic acid groups (broad SMARTS) is 1. The molecule has 11 heteroatoms. The first-order valence-electron chi connectivity index (χ1n) is 11.8. The van der Waals surface area contributed by atoms with Crippen molar-refractivity contribution >= 4 is 27.7 Å². The van der Waals surface area contributed by atoms with Gasteiger partial charge in [0.15, 0.2) is 0 Å². The topological polar surface area (TPSA) is 160 Å². The molecule has 37 heavy (non-hydrogen) atoms. The summed E-state index contributed by atoms with van der Waals surface area (Å²) in [4.78, 5) is 22.7. The fraction of sp³-hybridized carbons (Fsp3) is 0.423. The quantitative estimate of drug-likeness (QED) is 0.309. The smallest absolute Gasteiger partial charge is 0.404 e. The Morgan fingerprint density at radius 1 is 1.11 bits per heavy atom. The van der Waals surface area contributed by atoms with Gasteiger partial charge >= 0.3 is 6.09 Å². The van der Waals surface area contributed by atoms with Crippen LogP contribution in [0.5, 0.6) is 0 Å². The molecule has 0 spiro atoms. The van der Waals surface area contributed by atoms with E-state index >= 15 is 0 Å². The van der Waals surface area contributed by atoms with Crippen molar-refractivity contribution in [1.29, 1.82) is 5.26 Å². The molecule has 4 N–H and O–H groups in total. The van der Waals surface area contributed by atoms with Crippen LogP contribution in [-0.2, 0) is 21.2 Å². The number of anilines is 1. The molecule has 0 aliphatic carbocycles. The Morgan fingerprint density at radius 2 is 1.73 bits per heavy atom. The van der Waals surface area contributed by atoms with Gasteiger partial charge in [0.25, 0.3) is 0 Å². The van der Waals surface area contributed by atoms with Gasteiger partial charge in [0, 0.05) is 32.1 Å². The molecule has 2 aromatic rings. The molecule has 200 valence electrons. The van der Waals surface area contributed by atoms with Gasteiger partial charge in [-0.3, -0.25) is 4.79 Å². The molecule has 0 unspecified atom stereocenters. The van der Waals surface area contributed by atoms with E-state index in [1.54, 1.807) is 24.3 Å². The average Bonchev–Trinajstić information content (AvgIpc) is 2.82. The van der Waals surface area contributed by atoms with E-state index in [2.05, 4.69) is 16.7 Å². The lowest BCUT2D eigenvalue weighted by molar-refractivity contribution is -0.114. The predicted molar refractivity (Wildman–Crippen MR) is 139 cm³/mol. The molecule has 2 rings (SSSR count). The zero-order chi connectivity index (χ0) is 27.6. The summed E-state index contributed by atoms with van der Waals surface area (Å²) in [5, 5.41) is 34.3. The van der Waals surface area contributed by atoms with Crippen molar-refractivity contribution in [2.24, 2.45) is 5.41 Å². The lowest BCUT2D eigenvalue weighted by Gasteiger charge is -2.34. The van der Waals surface area contributed by atoms with Gasteiger partial charge < -0.3 is 20.8 Å². The number of carbonyl (C=O) groups excluding carboxylic acids is 1. The highest BCUT2D eigenvalue weighted by Crippen LogP contribution is 2.28. The van der Waals surface area contributed by atoms with Crippen LogP contribution >= 0.6 is 0 Å². The number of hydrogen-bond acceptors (Lipinski definition) is 6. The van der Waals surface area contributed by atoms with E-state index in [4.69, 9.17) is 5.26 Å². The van der Waals surface area contributed by atoms with Gasteiger partial charge in [0.1, 0.15) is 0 Å². The Balaban J connectivity index is 2.38. The zero-order valence-corrected chi connectivity index (χ0v) is 22.0. The lowest BCUT2D eigenvalue weighted by atomic mass is 9.88. The number of hydrogen-bond donors (Lipinski definition) is 4. The van der Waals surface area contributed by atoms with Crippen LogP contribution < -0.4 is 10.6 Å². The molecule has 0 radical (unpaired) electrons. The Hall–Kier alpha value is -3.46. The lowest BCUT2D eigenvalue weighted by Crippen LogP contribution is -2.51. The highest BCUT2D eigenvalue weighted by Gasteiger charge is 2.34. The Labute approximate surface area is 218 Å². The fourth-order valence-electron chi connectivity index (χ4n) is 3.91. The van der Waals surface area contributed by atoms with Gasteiger partial charge in [-0.05, 0) is 48.1 Å². The van der Waals surface area contributed by atoms with Crippen LogP contribution in [0.25, 0.3) is 0 Å². The van der Waals surface area contributed by atoms with Crippen molar-refractivity contribution in [2.45, 2.75) is 57.1 Å². The van der Waals surface area contributed by atoms with Gasteiger partial charge in [-0.2, -0.15) is 9.57 Å². The van der Waals surface area contributed by atoms with Gasteiger partial charge in [-0.25, -0.2) is 13.2 Å². The third-order valence-electron chi connectivity index (χ3n) is 5.79. The molecule has 0 saturated heterocycles. The maximum absolute atomic E-state index is 13.7. The highest BCUT2D eigenvalue weighted by molar-refractivity contribution is 7.89. The molecule has 0 saturated carbocycles. The largest absolute Gasteiger partial charge is 0.465 e. The summed E-state index contributed by atoms with van der Waals surface area (Å²) in [5.74, 6) is -0.296. The standard InChI is InChI=1S/C26H34N4O6S/c1-19(31)28-21-10-12-22(13-11-21)37(35,36)30(18-26(2,3)14-7-15-27)17-24(32)23(29-25(33)34)16-20-8-5-4-6-9-20/h4-6,8-13,23-24,29,32H,7,14,16-18H2,1-3H3,(H,28,31)(H,33,34)/t23-,24+/m0/s1. The molecule has 0 heterocycles. The second-order valence-corrected chi connectivity index (χ2v) is 11.6. The number of rotatable bonds is 13. The van der Waals surface area contributed by atoms with E-state index in [9.17, 15) is 28.2 Å². The third-order valence-corrected chi connectivity index (χ3v) is 7.62. The maximum Gasteiger partial charge on any atom is 0.404 e. The highest BCUT2D eigenvalue weighted by atomic mass is 32.2. The van der Waals surface area contributed by atoms with E-state index in [0.717, 1.165) is 9.87 Å². The van der Waals surface area contributed by atoms with Crippen LogP contribution in [0, 0.1) is 16.7 Å². The summed E-state index contributed by atoms with van der Waals surface area (Å²) in [5.41, 5.74) is 0.604. The number of benzene rings is 2. The van der Waals surface area contributed by atoms with Crippen molar-refractivity contribution in [3.63, 3.8) is 0 Å². The molecule has 10 nitrogen and oxygen atoms in total. The third kappa shape index (κ3) is 9.49. The summed E-state index contributed by atoms with van der Waals surface area (Å²) in [7, 11) is -4.13. The number of aliphatic hydroxyl groups excluding tert-OH is 1. The summed E-state index contributed by atoms with van der Waals surface area (Å²) < 4.78 is 28.5. The number of amides is 2. The number of carbonyl (C=O) groups is 2. The Morgan fingerprint density at radius 3 is 2.27 bits per heavy atom. The normalized spacial score (nSPS) is 13.4. The minimum atomic E-state index is -4.13. The van der Waals surface area contributed by atoms with Gasteiger partial charge in [-0.15, -0.1) is 0 Å². The van der Waals surface area contributed by atoms with Crippen molar-refractivity contribution in [3.8, 4) is 6.07 Å². The molecule has 0 aliphatic rings. The van der Waals surface area contributed by atoms with E-state index < -0.39 is 33.7 Å². The number of aliphatic hydroxyl groups is 1. The van der Waals surface area contributed by atoms with E-state index in [-0.39, 0.29) is 36.7 Å². The number of nitrogens with zero attached hydrogens (tertiary/aromatic N) is 2. The van der Waals surface area contributed by atoms with Gasteiger partial charge in [0.05, 0.1) is 23.1 Å². The molecule has 0 aliphatic heterocycles. The Kier molecular flexibility index (Phi) is 10.6. The van der Waals surface area contributed by atoms with Crippen molar-refractivity contribution in [2.75, 3.05) is 18.4 Å². The summed E-state index contributed by atoms with van der Waals surface area (Å²) in [6.45, 7) is 4.62. The first kappa shape index (κ1) is 29.8. The number of sulfonamides is 1. The number of nitriles is 1. The zero-order valence-electron chi connectivity index (χ0n) is 21.2. The number of nitrogens with one attached hydrogen (secondary N) is 2. The minimum Gasteiger partial charge on any atom is -0.465 e.